The van der Waals surface area contributed by atoms with Crippen LogP contribution in [0.15, 0.2) is 34.3 Å². The summed E-state index contributed by atoms with van der Waals surface area (Å²) in [4.78, 5) is 22.4. The number of carbonyl (C=O) groups excluding carboxylic acids is 1. The molecule has 2 aliphatic heterocycles. The SMILES string of the molecule is CCOc1cc2c(c3c1OC(C)(C)C3)C(c1ccc(C(=O)NC)c(N=C(C)C)c1)=NC(C)(C)C2.Cl. The van der Waals surface area contributed by atoms with Gasteiger partial charge >= 0.3 is 0 Å². The van der Waals surface area contributed by atoms with Crippen molar-refractivity contribution in [3.63, 3.8) is 0 Å². The van der Waals surface area contributed by atoms with Crippen LogP contribution in [0.1, 0.15) is 81.1 Å². The number of hydrogen-bond donors (Lipinski definition) is 1. The van der Waals surface area contributed by atoms with Gasteiger partial charge in [0.25, 0.3) is 5.91 Å². The van der Waals surface area contributed by atoms with Crippen molar-refractivity contribution in [3.05, 3.63) is 52.1 Å². The summed E-state index contributed by atoms with van der Waals surface area (Å²) in [6.45, 7) is 14.9. The van der Waals surface area contributed by atoms with Crippen molar-refractivity contribution in [2.75, 3.05) is 13.7 Å². The summed E-state index contributed by atoms with van der Waals surface area (Å²) in [6, 6.07) is 7.92. The largest absolute Gasteiger partial charge is 0.490 e. The fraction of sp³-hybridized carbons (Fsp3) is 0.464. The fourth-order valence-electron chi connectivity index (χ4n) is 4.88. The summed E-state index contributed by atoms with van der Waals surface area (Å²) in [5.41, 5.74) is 6.81. The van der Waals surface area contributed by atoms with E-state index in [2.05, 4.69) is 44.1 Å². The Morgan fingerprint density at radius 3 is 2.51 bits per heavy atom. The molecule has 0 fully saturated rings. The lowest BCUT2D eigenvalue weighted by Gasteiger charge is -2.31. The molecule has 2 aliphatic rings. The van der Waals surface area contributed by atoms with Gasteiger partial charge in [-0.15, -0.1) is 12.4 Å². The van der Waals surface area contributed by atoms with Crippen LogP contribution >= 0.6 is 12.4 Å². The van der Waals surface area contributed by atoms with Crippen molar-refractivity contribution in [2.24, 2.45) is 9.98 Å². The molecule has 0 saturated heterocycles. The minimum absolute atomic E-state index is 0. The summed E-state index contributed by atoms with van der Waals surface area (Å²) in [5.74, 6) is 1.47. The van der Waals surface area contributed by atoms with Gasteiger partial charge in [0.2, 0.25) is 0 Å². The summed E-state index contributed by atoms with van der Waals surface area (Å²) >= 11 is 0. The summed E-state index contributed by atoms with van der Waals surface area (Å²) in [7, 11) is 1.63. The highest BCUT2D eigenvalue weighted by atomic mass is 35.5. The number of amides is 1. The molecular formula is C28H36ClN3O3. The number of nitrogens with one attached hydrogen (secondary N) is 1. The van der Waals surface area contributed by atoms with Gasteiger partial charge in [-0.3, -0.25) is 14.8 Å². The summed E-state index contributed by atoms with van der Waals surface area (Å²) < 4.78 is 12.4. The van der Waals surface area contributed by atoms with Crippen molar-refractivity contribution in [3.8, 4) is 11.5 Å². The standard InChI is InChI=1S/C28H35N3O3.ClH/c1-9-33-22-13-18-14-27(4,5)31-24(23(18)20-15-28(6,7)34-25(20)22)17-10-11-19(26(32)29-8)21(12-17)30-16(2)3;/h10-13H,9,14-15H2,1-8H3,(H,29,32);1H. The minimum Gasteiger partial charge on any atom is -0.490 e. The Morgan fingerprint density at radius 1 is 1.17 bits per heavy atom. The maximum absolute atomic E-state index is 12.5. The Labute approximate surface area is 214 Å². The van der Waals surface area contributed by atoms with Crippen LogP contribution in [-0.4, -0.2) is 42.1 Å². The second-order valence-electron chi connectivity index (χ2n) is 10.5. The van der Waals surface area contributed by atoms with Gasteiger partial charge in [0.15, 0.2) is 11.5 Å². The van der Waals surface area contributed by atoms with E-state index in [1.165, 1.54) is 5.56 Å². The van der Waals surface area contributed by atoms with Crippen molar-refractivity contribution in [2.45, 2.75) is 72.4 Å². The van der Waals surface area contributed by atoms with Crippen LogP contribution in [0, 0.1) is 0 Å². The summed E-state index contributed by atoms with van der Waals surface area (Å²) in [5, 5.41) is 2.71. The van der Waals surface area contributed by atoms with E-state index in [9.17, 15) is 4.79 Å². The highest BCUT2D eigenvalue weighted by molar-refractivity contribution is 6.17. The Morgan fingerprint density at radius 2 is 1.89 bits per heavy atom. The van der Waals surface area contributed by atoms with E-state index in [0.717, 1.165) is 52.5 Å². The Kier molecular flexibility index (Phi) is 7.37. The highest BCUT2D eigenvalue weighted by Gasteiger charge is 2.39. The van der Waals surface area contributed by atoms with Crippen LogP contribution in [0.4, 0.5) is 5.69 Å². The van der Waals surface area contributed by atoms with Crippen LogP contribution in [0.25, 0.3) is 0 Å². The second kappa shape index (κ2) is 9.65. The fourth-order valence-corrected chi connectivity index (χ4v) is 4.88. The molecule has 2 aromatic carbocycles. The van der Waals surface area contributed by atoms with Gasteiger partial charge in [-0.05, 0) is 78.6 Å². The molecule has 0 aromatic heterocycles. The molecule has 1 amide bonds. The lowest BCUT2D eigenvalue weighted by Crippen LogP contribution is -2.30. The average molecular weight is 498 g/mol. The summed E-state index contributed by atoms with van der Waals surface area (Å²) in [6.07, 6.45) is 1.59. The molecule has 2 heterocycles. The van der Waals surface area contributed by atoms with Crippen LogP contribution in [0.5, 0.6) is 11.5 Å². The Balaban J connectivity index is 0.00000342. The molecule has 1 N–H and O–H groups in total. The Hall–Kier alpha value is -2.86. The van der Waals surface area contributed by atoms with Crippen LogP contribution in [0.3, 0.4) is 0 Å². The Bertz CT molecular complexity index is 1220. The molecule has 6 nitrogen and oxygen atoms in total. The number of hydrogen-bond acceptors (Lipinski definition) is 5. The van der Waals surface area contributed by atoms with Crippen molar-refractivity contribution >= 4 is 35.4 Å². The van der Waals surface area contributed by atoms with Gasteiger partial charge in [0, 0.05) is 35.9 Å². The molecular weight excluding hydrogens is 462 g/mol. The number of aliphatic imine (C=N–C) groups is 2. The predicted octanol–water partition coefficient (Wildman–Crippen LogP) is 5.86. The molecule has 0 bridgehead atoms. The molecule has 0 spiro atoms. The number of rotatable bonds is 5. The highest BCUT2D eigenvalue weighted by Crippen LogP contribution is 2.48. The van der Waals surface area contributed by atoms with Gasteiger partial charge in [-0.2, -0.15) is 0 Å². The van der Waals surface area contributed by atoms with E-state index < -0.39 is 0 Å². The maximum Gasteiger partial charge on any atom is 0.253 e. The van der Waals surface area contributed by atoms with Gasteiger partial charge in [-0.25, -0.2) is 0 Å². The van der Waals surface area contributed by atoms with E-state index in [1.807, 2.05) is 39.0 Å². The molecule has 0 radical (unpaired) electrons. The molecule has 2 aromatic rings. The van der Waals surface area contributed by atoms with Crippen molar-refractivity contribution < 1.29 is 14.3 Å². The van der Waals surface area contributed by atoms with Gasteiger partial charge in [0.05, 0.1) is 29.1 Å². The van der Waals surface area contributed by atoms with Gasteiger partial charge in [0.1, 0.15) is 5.60 Å². The zero-order chi connectivity index (χ0) is 24.8. The molecule has 0 saturated carbocycles. The number of halogens is 1. The molecule has 0 atom stereocenters. The third-order valence-corrected chi connectivity index (χ3v) is 6.07. The third kappa shape index (κ3) is 5.22. The maximum atomic E-state index is 12.5. The average Bonchev–Trinajstić information content (AvgIpc) is 3.06. The smallest absolute Gasteiger partial charge is 0.253 e. The molecule has 4 rings (SSSR count). The monoisotopic (exact) mass is 497 g/mol. The predicted molar refractivity (Wildman–Crippen MR) is 145 cm³/mol. The third-order valence-electron chi connectivity index (χ3n) is 6.07. The van der Waals surface area contributed by atoms with Crippen LogP contribution < -0.4 is 14.8 Å². The van der Waals surface area contributed by atoms with Crippen LogP contribution in [0.2, 0.25) is 0 Å². The van der Waals surface area contributed by atoms with Crippen molar-refractivity contribution in [1.82, 2.24) is 5.32 Å². The molecule has 188 valence electrons. The topological polar surface area (TPSA) is 72.3 Å². The number of ether oxygens (including phenoxy) is 2. The number of benzene rings is 2. The van der Waals surface area contributed by atoms with E-state index in [4.69, 9.17) is 14.5 Å². The van der Waals surface area contributed by atoms with Crippen molar-refractivity contribution in [1.29, 1.82) is 0 Å². The lowest BCUT2D eigenvalue weighted by atomic mass is 9.80. The van der Waals surface area contributed by atoms with Crippen LogP contribution in [-0.2, 0) is 12.8 Å². The second-order valence-corrected chi connectivity index (χ2v) is 10.5. The van der Waals surface area contributed by atoms with E-state index in [-0.39, 0.29) is 29.5 Å². The normalized spacial score (nSPS) is 16.6. The van der Waals surface area contributed by atoms with E-state index >= 15 is 0 Å². The molecule has 35 heavy (non-hydrogen) atoms. The first-order chi connectivity index (χ1) is 15.9. The number of fused-ring (bicyclic) bond motifs is 3. The number of carbonyl (C=O) groups is 1. The molecule has 0 aliphatic carbocycles. The first-order valence-electron chi connectivity index (χ1n) is 11.9. The lowest BCUT2D eigenvalue weighted by molar-refractivity contribution is 0.0963. The van der Waals surface area contributed by atoms with Gasteiger partial charge < -0.3 is 14.8 Å². The first-order valence-corrected chi connectivity index (χ1v) is 11.9. The van der Waals surface area contributed by atoms with E-state index in [0.29, 0.717) is 17.9 Å². The zero-order valence-electron chi connectivity index (χ0n) is 22.0. The first kappa shape index (κ1) is 26.7. The molecule has 0 unspecified atom stereocenters. The van der Waals surface area contributed by atoms with E-state index in [1.54, 1.807) is 7.05 Å². The molecule has 7 heteroatoms. The minimum atomic E-state index is -0.320. The zero-order valence-corrected chi connectivity index (χ0v) is 22.8. The number of nitrogens with zero attached hydrogens (tertiary/aromatic N) is 2. The quantitative estimate of drug-likeness (QED) is 0.525. The van der Waals surface area contributed by atoms with Gasteiger partial charge in [-0.1, -0.05) is 6.07 Å².